The largest absolute Gasteiger partial charge is 0.378 e. The second-order valence-corrected chi connectivity index (χ2v) is 6.28. The molecule has 0 spiro atoms. The minimum Gasteiger partial charge on any atom is -0.378 e. The highest BCUT2D eigenvalue weighted by molar-refractivity contribution is 4.78. The molecule has 0 aromatic heterocycles. The molecule has 1 aliphatic heterocycles. The molecule has 1 aliphatic rings. The summed E-state index contributed by atoms with van der Waals surface area (Å²) in [5.74, 6) is 0. The van der Waals surface area contributed by atoms with E-state index in [0.29, 0.717) is 11.5 Å². The van der Waals surface area contributed by atoms with Crippen molar-refractivity contribution in [1.29, 1.82) is 0 Å². The van der Waals surface area contributed by atoms with E-state index in [4.69, 9.17) is 4.74 Å². The van der Waals surface area contributed by atoms with E-state index in [1.165, 1.54) is 19.4 Å². The Kier molecular flexibility index (Phi) is 6.45. The van der Waals surface area contributed by atoms with E-state index in [2.05, 4.69) is 37.9 Å². The Morgan fingerprint density at radius 2 is 2.12 bits per heavy atom. The van der Waals surface area contributed by atoms with Crippen LogP contribution in [-0.2, 0) is 4.74 Å². The maximum Gasteiger partial charge on any atom is 0.0634 e. The molecule has 0 aliphatic carbocycles. The summed E-state index contributed by atoms with van der Waals surface area (Å²) in [5.41, 5.74) is 0.430. The van der Waals surface area contributed by atoms with Gasteiger partial charge >= 0.3 is 0 Å². The van der Waals surface area contributed by atoms with Crippen molar-refractivity contribution >= 4 is 0 Å². The second-order valence-electron chi connectivity index (χ2n) is 6.28. The maximum atomic E-state index is 5.59. The number of hydrogen-bond acceptors (Lipinski definition) is 3. The molecular formula is C14H30N2O. The Morgan fingerprint density at radius 3 is 2.76 bits per heavy atom. The van der Waals surface area contributed by atoms with Crippen molar-refractivity contribution in [2.24, 2.45) is 5.41 Å². The van der Waals surface area contributed by atoms with E-state index >= 15 is 0 Å². The van der Waals surface area contributed by atoms with E-state index in [0.717, 1.165) is 32.8 Å². The van der Waals surface area contributed by atoms with Gasteiger partial charge in [0.2, 0.25) is 0 Å². The van der Waals surface area contributed by atoms with Crippen molar-refractivity contribution in [3.63, 3.8) is 0 Å². The highest BCUT2D eigenvalue weighted by Crippen LogP contribution is 2.20. The lowest BCUT2D eigenvalue weighted by molar-refractivity contribution is -0.0106. The fourth-order valence-corrected chi connectivity index (χ4v) is 2.10. The number of ether oxygens (including phenoxy) is 1. The molecule has 3 heteroatoms. The molecule has 0 saturated carbocycles. The molecule has 1 atom stereocenters. The highest BCUT2D eigenvalue weighted by atomic mass is 16.5. The average molecular weight is 242 g/mol. The van der Waals surface area contributed by atoms with Crippen molar-refractivity contribution < 1.29 is 4.74 Å². The molecule has 1 saturated heterocycles. The van der Waals surface area contributed by atoms with Gasteiger partial charge in [-0.1, -0.05) is 27.7 Å². The van der Waals surface area contributed by atoms with Crippen molar-refractivity contribution in [2.45, 2.75) is 46.6 Å². The van der Waals surface area contributed by atoms with Crippen LogP contribution in [0.5, 0.6) is 0 Å². The van der Waals surface area contributed by atoms with Gasteiger partial charge in [-0.25, -0.2) is 0 Å². The number of morpholine rings is 1. The summed E-state index contributed by atoms with van der Waals surface area (Å²) in [7, 11) is 0. The van der Waals surface area contributed by atoms with Crippen molar-refractivity contribution in [2.75, 3.05) is 39.4 Å². The summed E-state index contributed by atoms with van der Waals surface area (Å²) in [6.07, 6.45) is 2.47. The summed E-state index contributed by atoms with van der Waals surface area (Å²) >= 11 is 0. The molecule has 0 aromatic carbocycles. The Balaban J connectivity index is 2.31. The zero-order valence-corrected chi connectivity index (χ0v) is 12.1. The van der Waals surface area contributed by atoms with Crippen molar-refractivity contribution in [1.82, 2.24) is 10.2 Å². The van der Waals surface area contributed by atoms with Gasteiger partial charge in [0.25, 0.3) is 0 Å². The summed E-state index contributed by atoms with van der Waals surface area (Å²) < 4.78 is 5.59. The van der Waals surface area contributed by atoms with Gasteiger partial charge in [-0.3, -0.25) is 4.90 Å². The van der Waals surface area contributed by atoms with Gasteiger partial charge in [-0.05, 0) is 31.3 Å². The molecule has 1 fully saturated rings. The topological polar surface area (TPSA) is 24.5 Å². The van der Waals surface area contributed by atoms with Crippen molar-refractivity contribution in [3.8, 4) is 0 Å². The monoisotopic (exact) mass is 242 g/mol. The zero-order valence-electron chi connectivity index (χ0n) is 12.1. The molecule has 3 nitrogen and oxygen atoms in total. The van der Waals surface area contributed by atoms with E-state index in [1.807, 2.05) is 0 Å². The number of nitrogens with one attached hydrogen (secondary N) is 1. The number of rotatable bonds is 6. The molecule has 1 N–H and O–H groups in total. The van der Waals surface area contributed by atoms with Crippen LogP contribution in [0.2, 0.25) is 0 Å². The summed E-state index contributed by atoms with van der Waals surface area (Å²) in [5, 5.41) is 3.51. The van der Waals surface area contributed by atoms with Crippen LogP contribution >= 0.6 is 0 Å². The SMILES string of the molecule is CCCNCC1COCCN1CCC(C)(C)C. The predicted octanol–water partition coefficient (Wildman–Crippen LogP) is 2.12. The van der Waals surface area contributed by atoms with Crippen molar-refractivity contribution in [3.05, 3.63) is 0 Å². The standard InChI is InChI=1S/C14H30N2O/c1-5-7-15-11-13-12-17-10-9-16(13)8-6-14(2,3)4/h13,15H,5-12H2,1-4H3. The van der Waals surface area contributed by atoms with Gasteiger partial charge in [-0.15, -0.1) is 0 Å². The average Bonchev–Trinajstić information content (AvgIpc) is 2.27. The first-order valence-electron chi connectivity index (χ1n) is 7.05. The Hall–Kier alpha value is -0.120. The van der Waals surface area contributed by atoms with E-state index in [9.17, 15) is 0 Å². The van der Waals surface area contributed by atoms with Gasteiger partial charge in [0, 0.05) is 19.1 Å². The van der Waals surface area contributed by atoms with Crippen LogP contribution in [0.25, 0.3) is 0 Å². The van der Waals surface area contributed by atoms with Gasteiger partial charge in [0.15, 0.2) is 0 Å². The molecule has 1 unspecified atom stereocenters. The van der Waals surface area contributed by atoms with Gasteiger partial charge in [0.05, 0.1) is 13.2 Å². The zero-order chi connectivity index (χ0) is 12.7. The van der Waals surface area contributed by atoms with Gasteiger partial charge in [-0.2, -0.15) is 0 Å². The quantitative estimate of drug-likeness (QED) is 0.722. The first-order valence-corrected chi connectivity index (χ1v) is 7.05. The molecule has 0 aromatic rings. The first-order chi connectivity index (χ1) is 8.03. The second kappa shape index (κ2) is 7.34. The lowest BCUT2D eigenvalue weighted by Gasteiger charge is -2.37. The lowest BCUT2D eigenvalue weighted by atomic mass is 9.92. The Bertz CT molecular complexity index is 201. The van der Waals surface area contributed by atoms with E-state index in [-0.39, 0.29) is 0 Å². The molecule has 0 amide bonds. The fourth-order valence-electron chi connectivity index (χ4n) is 2.10. The third-order valence-corrected chi connectivity index (χ3v) is 3.31. The highest BCUT2D eigenvalue weighted by Gasteiger charge is 2.23. The normalized spacial score (nSPS) is 22.9. The third-order valence-electron chi connectivity index (χ3n) is 3.31. The van der Waals surface area contributed by atoms with Crippen LogP contribution in [0.3, 0.4) is 0 Å². The van der Waals surface area contributed by atoms with Crippen LogP contribution in [-0.4, -0.2) is 50.3 Å². The lowest BCUT2D eigenvalue weighted by Crippen LogP contribution is -2.51. The molecule has 102 valence electrons. The molecule has 1 rings (SSSR count). The summed E-state index contributed by atoms with van der Waals surface area (Å²) in [4.78, 5) is 2.59. The van der Waals surface area contributed by atoms with Crippen LogP contribution in [0.1, 0.15) is 40.5 Å². The fraction of sp³-hybridized carbons (Fsp3) is 1.00. The molecule has 1 heterocycles. The van der Waals surface area contributed by atoms with Crippen LogP contribution < -0.4 is 5.32 Å². The van der Waals surface area contributed by atoms with Crippen LogP contribution in [0.4, 0.5) is 0 Å². The predicted molar refractivity (Wildman–Crippen MR) is 73.4 cm³/mol. The molecule has 0 radical (unpaired) electrons. The Morgan fingerprint density at radius 1 is 1.35 bits per heavy atom. The summed E-state index contributed by atoms with van der Waals surface area (Å²) in [6.45, 7) is 15.4. The molecular weight excluding hydrogens is 212 g/mol. The van der Waals surface area contributed by atoms with E-state index in [1.54, 1.807) is 0 Å². The van der Waals surface area contributed by atoms with Gasteiger partial charge < -0.3 is 10.1 Å². The first kappa shape index (κ1) is 14.9. The van der Waals surface area contributed by atoms with Crippen LogP contribution in [0, 0.1) is 5.41 Å². The Labute approximate surface area is 107 Å². The molecule has 0 bridgehead atoms. The molecule has 17 heavy (non-hydrogen) atoms. The van der Waals surface area contributed by atoms with Gasteiger partial charge in [0.1, 0.15) is 0 Å². The number of hydrogen-bond donors (Lipinski definition) is 1. The smallest absolute Gasteiger partial charge is 0.0634 e. The van der Waals surface area contributed by atoms with Crippen LogP contribution in [0.15, 0.2) is 0 Å². The minimum absolute atomic E-state index is 0.430. The minimum atomic E-state index is 0.430. The third kappa shape index (κ3) is 6.39. The summed E-state index contributed by atoms with van der Waals surface area (Å²) in [6, 6.07) is 0.567. The maximum absolute atomic E-state index is 5.59. The number of nitrogens with zero attached hydrogens (tertiary/aromatic N) is 1. The van der Waals surface area contributed by atoms with E-state index < -0.39 is 0 Å².